The Morgan fingerprint density at radius 3 is 2.64 bits per heavy atom. The number of carbonyl (C=O) groups excluding carboxylic acids is 1. The van der Waals surface area contributed by atoms with Crippen LogP contribution in [0.2, 0.25) is 0 Å². The van der Waals surface area contributed by atoms with Gasteiger partial charge in [-0.25, -0.2) is 0 Å². The van der Waals surface area contributed by atoms with Crippen molar-refractivity contribution < 1.29 is 14.3 Å². The van der Waals surface area contributed by atoms with Crippen LogP contribution in [0.4, 0.5) is 0 Å². The van der Waals surface area contributed by atoms with Crippen molar-refractivity contribution in [1.82, 2.24) is 5.32 Å². The van der Waals surface area contributed by atoms with Gasteiger partial charge in [0.2, 0.25) is 5.91 Å². The van der Waals surface area contributed by atoms with E-state index in [0.29, 0.717) is 19.7 Å². The van der Waals surface area contributed by atoms with Gasteiger partial charge in [0.1, 0.15) is 18.5 Å². The van der Waals surface area contributed by atoms with Gasteiger partial charge in [-0.1, -0.05) is 48.5 Å². The van der Waals surface area contributed by atoms with Gasteiger partial charge in [0.05, 0.1) is 6.10 Å². The van der Waals surface area contributed by atoms with Crippen LogP contribution in [-0.2, 0) is 22.7 Å². The van der Waals surface area contributed by atoms with E-state index in [1.165, 1.54) is 0 Å². The molecule has 1 amide bonds. The average Bonchev–Trinajstić information content (AvgIpc) is 3.15. The van der Waals surface area contributed by atoms with E-state index in [4.69, 9.17) is 15.2 Å². The van der Waals surface area contributed by atoms with Crippen molar-refractivity contribution in [3.05, 3.63) is 65.7 Å². The SMILES string of the molecule is NC[C@H]1CC[C@@H](C(=O)NCc2ccccc2OCc2ccccc2)O1. The van der Waals surface area contributed by atoms with E-state index in [1.54, 1.807) is 0 Å². The second-order valence-corrected chi connectivity index (χ2v) is 6.16. The van der Waals surface area contributed by atoms with Crippen LogP contribution in [0.1, 0.15) is 24.0 Å². The van der Waals surface area contributed by atoms with Gasteiger partial charge in [0.25, 0.3) is 0 Å². The summed E-state index contributed by atoms with van der Waals surface area (Å²) in [6.07, 6.45) is 1.16. The molecule has 2 aromatic carbocycles. The normalized spacial score (nSPS) is 19.6. The maximum Gasteiger partial charge on any atom is 0.249 e. The summed E-state index contributed by atoms with van der Waals surface area (Å²) < 4.78 is 11.5. The number of hydrogen-bond donors (Lipinski definition) is 2. The van der Waals surface area contributed by atoms with Gasteiger partial charge in [-0.05, 0) is 24.5 Å². The van der Waals surface area contributed by atoms with E-state index in [0.717, 1.165) is 29.7 Å². The van der Waals surface area contributed by atoms with E-state index in [2.05, 4.69) is 5.32 Å². The van der Waals surface area contributed by atoms with Gasteiger partial charge < -0.3 is 20.5 Å². The van der Waals surface area contributed by atoms with Crippen molar-refractivity contribution in [3.8, 4) is 5.75 Å². The molecule has 0 bridgehead atoms. The van der Waals surface area contributed by atoms with E-state index in [1.807, 2.05) is 54.6 Å². The first-order chi connectivity index (χ1) is 12.3. The van der Waals surface area contributed by atoms with Crippen LogP contribution in [0.3, 0.4) is 0 Å². The quantitative estimate of drug-likeness (QED) is 0.812. The lowest BCUT2D eigenvalue weighted by Gasteiger charge is -2.15. The van der Waals surface area contributed by atoms with Gasteiger partial charge >= 0.3 is 0 Å². The first-order valence-electron chi connectivity index (χ1n) is 8.64. The molecule has 5 heteroatoms. The maximum atomic E-state index is 12.3. The van der Waals surface area contributed by atoms with Gasteiger partial charge in [0.15, 0.2) is 0 Å². The Morgan fingerprint density at radius 1 is 1.12 bits per heavy atom. The molecule has 0 aromatic heterocycles. The molecule has 2 aromatic rings. The summed E-state index contributed by atoms with van der Waals surface area (Å²) in [5.74, 6) is 0.688. The van der Waals surface area contributed by atoms with Crippen LogP contribution in [0.5, 0.6) is 5.75 Å². The fourth-order valence-corrected chi connectivity index (χ4v) is 2.89. The first-order valence-corrected chi connectivity index (χ1v) is 8.64. The molecule has 0 spiro atoms. The Bertz CT molecular complexity index is 690. The number of nitrogens with two attached hydrogens (primary N) is 1. The number of carbonyl (C=O) groups is 1. The Hall–Kier alpha value is -2.37. The number of amides is 1. The fraction of sp³-hybridized carbons (Fsp3) is 0.350. The van der Waals surface area contributed by atoms with Crippen molar-refractivity contribution in [2.75, 3.05) is 6.54 Å². The third-order valence-corrected chi connectivity index (χ3v) is 4.33. The van der Waals surface area contributed by atoms with Crippen LogP contribution in [0.25, 0.3) is 0 Å². The van der Waals surface area contributed by atoms with Gasteiger partial charge in [-0.15, -0.1) is 0 Å². The second kappa shape index (κ2) is 8.65. The molecule has 5 nitrogen and oxygen atoms in total. The van der Waals surface area contributed by atoms with Gasteiger partial charge in [-0.2, -0.15) is 0 Å². The minimum atomic E-state index is -0.397. The van der Waals surface area contributed by atoms with Crippen molar-refractivity contribution >= 4 is 5.91 Å². The van der Waals surface area contributed by atoms with Crippen molar-refractivity contribution in [1.29, 1.82) is 0 Å². The summed E-state index contributed by atoms with van der Waals surface area (Å²) in [6, 6.07) is 17.7. The summed E-state index contributed by atoms with van der Waals surface area (Å²) in [7, 11) is 0. The van der Waals surface area contributed by atoms with Crippen LogP contribution in [0.15, 0.2) is 54.6 Å². The van der Waals surface area contributed by atoms with E-state index < -0.39 is 6.10 Å². The number of para-hydroxylation sites is 1. The van der Waals surface area contributed by atoms with Crippen LogP contribution >= 0.6 is 0 Å². The fourth-order valence-electron chi connectivity index (χ4n) is 2.89. The smallest absolute Gasteiger partial charge is 0.249 e. The summed E-state index contributed by atoms with van der Waals surface area (Å²) >= 11 is 0. The zero-order chi connectivity index (χ0) is 17.5. The molecule has 1 saturated heterocycles. The molecule has 2 atom stereocenters. The summed E-state index contributed by atoms with van der Waals surface area (Å²) in [5, 5.41) is 2.94. The van der Waals surface area contributed by atoms with Crippen molar-refractivity contribution in [3.63, 3.8) is 0 Å². The predicted octanol–water partition coefficient (Wildman–Crippen LogP) is 2.39. The lowest BCUT2D eigenvalue weighted by molar-refractivity contribution is -0.132. The molecule has 1 aliphatic heterocycles. The van der Waals surface area contributed by atoms with E-state index in [-0.39, 0.29) is 12.0 Å². The Balaban J connectivity index is 1.55. The first kappa shape index (κ1) is 17.5. The Labute approximate surface area is 148 Å². The highest BCUT2D eigenvalue weighted by Crippen LogP contribution is 2.21. The van der Waals surface area contributed by atoms with Crippen molar-refractivity contribution in [2.45, 2.75) is 38.2 Å². The minimum absolute atomic E-state index is 0.00255. The Morgan fingerprint density at radius 2 is 1.88 bits per heavy atom. The molecular formula is C20H24N2O3. The average molecular weight is 340 g/mol. The van der Waals surface area contributed by atoms with Crippen molar-refractivity contribution in [2.24, 2.45) is 5.73 Å². The third kappa shape index (κ3) is 4.81. The van der Waals surface area contributed by atoms with Crippen LogP contribution < -0.4 is 15.8 Å². The number of ether oxygens (including phenoxy) is 2. The lowest BCUT2D eigenvalue weighted by Crippen LogP contribution is -2.35. The van der Waals surface area contributed by atoms with Gasteiger partial charge in [-0.3, -0.25) is 4.79 Å². The molecule has 1 fully saturated rings. The molecular weight excluding hydrogens is 316 g/mol. The number of nitrogens with one attached hydrogen (secondary N) is 1. The van der Waals surface area contributed by atoms with Crippen LogP contribution in [-0.4, -0.2) is 24.7 Å². The molecule has 0 saturated carbocycles. The summed E-state index contributed by atoms with van der Waals surface area (Å²) in [4.78, 5) is 12.3. The molecule has 25 heavy (non-hydrogen) atoms. The number of benzene rings is 2. The Kier molecular flexibility index (Phi) is 6.04. The highest BCUT2D eigenvalue weighted by atomic mass is 16.5. The second-order valence-electron chi connectivity index (χ2n) is 6.16. The minimum Gasteiger partial charge on any atom is -0.489 e. The zero-order valence-corrected chi connectivity index (χ0v) is 14.2. The molecule has 1 heterocycles. The third-order valence-electron chi connectivity index (χ3n) is 4.33. The number of hydrogen-bond acceptors (Lipinski definition) is 4. The molecule has 3 rings (SSSR count). The van der Waals surface area contributed by atoms with E-state index >= 15 is 0 Å². The molecule has 0 unspecified atom stereocenters. The summed E-state index contributed by atoms with van der Waals surface area (Å²) in [6.45, 7) is 1.37. The number of rotatable bonds is 7. The topological polar surface area (TPSA) is 73.6 Å². The molecule has 0 aliphatic carbocycles. The predicted molar refractivity (Wildman–Crippen MR) is 96.0 cm³/mol. The molecule has 3 N–H and O–H groups in total. The zero-order valence-electron chi connectivity index (χ0n) is 14.2. The lowest BCUT2D eigenvalue weighted by atomic mass is 10.1. The molecule has 1 aliphatic rings. The maximum absolute atomic E-state index is 12.3. The van der Waals surface area contributed by atoms with E-state index in [9.17, 15) is 4.79 Å². The van der Waals surface area contributed by atoms with Crippen LogP contribution in [0, 0.1) is 0 Å². The highest BCUT2D eigenvalue weighted by molar-refractivity contribution is 5.81. The largest absolute Gasteiger partial charge is 0.489 e. The molecule has 0 radical (unpaired) electrons. The monoisotopic (exact) mass is 340 g/mol. The molecule has 132 valence electrons. The van der Waals surface area contributed by atoms with Gasteiger partial charge in [0, 0.05) is 18.7 Å². The summed E-state index contributed by atoms with van der Waals surface area (Å²) in [5.41, 5.74) is 7.64. The highest BCUT2D eigenvalue weighted by Gasteiger charge is 2.29. The standard InChI is InChI=1S/C20H24N2O3/c21-12-17-10-11-19(25-17)20(23)22-13-16-8-4-5-9-18(16)24-14-15-6-2-1-3-7-15/h1-9,17,19H,10-14,21H2,(H,22,23)/t17-,19+/m1/s1.